The Labute approximate surface area is 139 Å². The van der Waals surface area contributed by atoms with Gasteiger partial charge in [-0.2, -0.15) is 0 Å². The number of benzene rings is 1. The zero-order chi connectivity index (χ0) is 15.5. The quantitative estimate of drug-likeness (QED) is 0.688. The zero-order valence-corrected chi connectivity index (χ0v) is 13.6. The van der Waals surface area contributed by atoms with E-state index in [0.29, 0.717) is 18.1 Å². The molecule has 0 fully saturated rings. The summed E-state index contributed by atoms with van der Waals surface area (Å²) in [6.07, 6.45) is 2.64. The van der Waals surface area contributed by atoms with Crippen molar-refractivity contribution >= 4 is 28.9 Å². The Bertz CT molecular complexity index is 696. The number of thiocarbonyl (C=S) groups is 1. The number of nitrogens with one attached hydrogen (secondary N) is 1. The summed E-state index contributed by atoms with van der Waals surface area (Å²) in [7, 11) is 0. The maximum absolute atomic E-state index is 5.93. The Kier molecular flexibility index (Phi) is 4.45. The van der Waals surface area contributed by atoms with E-state index >= 15 is 0 Å². The maximum atomic E-state index is 5.93. The van der Waals surface area contributed by atoms with Crippen molar-refractivity contribution in [1.82, 2.24) is 15.4 Å². The molecule has 6 heteroatoms. The van der Waals surface area contributed by atoms with E-state index in [1.165, 1.54) is 0 Å². The predicted octanol–water partition coefficient (Wildman–Crippen LogP) is 3.41. The van der Waals surface area contributed by atoms with Gasteiger partial charge in [-0.15, -0.1) is 6.58 Å². The highest BCUT2D eigenvalue weighted by Gasteiger charge is 2.25. The lowest BCUT2D eigenvalue weighted by Gasteiger charge is -2.28. The molecule has 1 aromatic heterocycles. The average molecular weight is 334 g/mol. The largest absolute Gasteiger partial charge is 0.359 e. The molecule has 1 N–H and O–H groups in total. The molecule has 4 nitrogen and oxygen atoms in total. The van der Waals surface area contributed by atoms with E-state index in [1.807, 2.05) is 24.3 Å². The van der Waals surface area contributed by atoms with Crippen molar-refractivity contribution in [3.8, 4) is 11.3 Å². The lowest BCUT2D eigenvalue weighted by Crippen LogP contribution is -2.42. The van der Waals surface area contributed by atoms with Gasteiger partial charge in [-0.05, 0) is 42.9 Å². The summed E-state index contributed by atoms with van der Waals surface area (Å²) in [6.45, 7) is 5.85. The molecule has 22 heavy (non-hydrogen) atoms. The van der Waals surface area contributed by atoms with E-state index < -0.39 is 0 Å². The minimum Gasteiger partial charge on any atom is -0.359 e. The Hall–Kier alpha value is -1.85. The van der Waals surface area contributed by atoms with Crippen LogP contribution in [-0.4, -0.2) is 28.3 Å². The second-order valence-electron chi connectivity index (χ2n) is 5.09. The fraction of sp³-hybridized carbons (Fsp3) is 0.250. The van der Waals surface area contributed by atoms with Crippen LogP contribution in [0, 0.1) is 0 Å². The Morgan fingerprint density at radius 3 is 2.95 bits per heavy atom. The number of hydrogen-bond acceptors (Lipinski definition) is 3. The fourth-order valence-corrected chi connectivity index (χ4v) is 2.87. The van der Waals surface area contributed by atoms with Gasteiger partial charge in [-0.25, -0.2) is 0 Å². The standard InChI is InChI=1S/C16H16ClN3OS/c1-2-8-18-16(22)20-9-7-13-14(10-20)19-21-15(13)11-3-5-12(17)6-4-11/h2-6H,1,7-10H2,(H,18,22). The first-order chi connectivity index (χ1) is 10.7. The van der Waals surface area contributed by atoms with Crippen LogP contribution < -0.4 is 5.32 Å². The lowest BCUT2D eigenvalue weighted by molar-refractivity contribution is 0.366. The molecule has 2 heterocycles. The zero-order valence-electron chi connectivity index (χ0n) is 12.0. The van der Waals surface area contributed by atoms with Crippen LogP contribution in [0.1, 0.15) is 11.3 Å². The van der Waals surface area contributed by atoms with Crippen molar-refractivity contribution in [2.75, 3.05) is 13.1 Å². The summed E-state index contributed by atoms with van der Waals surface area (Å²) in [5.41, 5.74) is 3.10. The van der Waals surface area contributed by atoms with Crippen LogP contribution in [0.15, 0.2) is 41.4 Å². The highest BCUT2D eigenvalue weighted by atomic mass is 35.5. The van der Waals surface area contributed by atoms with Crippen molar-refractivity contribution in [1.29, 1.82) is 0 Å². The summed E-state index contributed by atoms with van der Waals surface area (Å²) < 4.78 is 5.55. The second kappa shape index (κ2) is 6.50. The van der Waals surface area contributed by atoms with Gasteiger partial charge in [0.2, 0.25) is 0 Å². The Balaban J connectivity index is 1.79. The average Bonchev–Trinajstić information content (AvgIpc) is 2.96. The number of nitrogens with zero attached hydrogens (tertiary/aromatic N) is 2. The molecule has 0 spiro atoms. The second-order valence-corrected chi connectivity index (χ2v) is 5.91. The van der Waals surface area contributed by atoms with Crippen molar-refractivity contribution in [2.45, 2.75) is 13.0 Å². The molecule has 114 valence electrons. The summed E-state index contributed by atoms with van der Waals surface area (Å²) in [6, 6.07) is 7.61. The van der Waals surface area contributed by atoms with Crippen LogP contribution in [0.2, 0.25) is 5.02 Å². The highest BCUT2D eigenvalue weighted by Crippen LogP contribution is 2.30. The van der Waals surface area contributed by atoms with E-state index in [-0.39, 0.29) is 0 Å². The van der Waals surface area contributed by atoms with E-state index in [4.69, 9.17) is 28.3 Å². The summed E-state index contributed by atoms with van der Waals surface area (Å²) in [5.74, 6) is 0.830. The Morgan fingerprint density at radius 1 is 1.45 bits per heavy atom. The number of rotatable bonds is 3. The molecule has 1 aliphatic heterocycles. The molecule has 0 saturated heterocycles. The topological polar surface area (TPSA) is 41.3 Å². The molecule has 0 unspecified atom stereocenters. The monoisotopic (exact) mass is 333 g/mol. The van der Waals surface area contributed by atoms with E-state index in [2.05, 4.69) is 22.0 Å². The first-order valence-electron chi connectivity index (χ1n) is 7.06. The molecule has 0 bridgehead atoms. The minimum absolute atomic E-state index is 0.662. The lowest BCUT2D eigenvalue weighted by atomic mass is 10.0. The third kappa shape index (κ3) is 3.00. The SMILES string of the molecule is C=CCNC(=S)N1CCc2c(noc2-c2ccc(Cl)cc2)C1. The van der Waals surface area contributed by atoms with Crippen LogP contribution in [0.3, 0.4) is 0 Å². The van der Waals surface area contributed by atoms with Crippen LogP contribution in [-0.2, 0) is 13.0 Å². The number of fused-ring (bicyclic) bond motifs is 1. The van der Waals surface area contributed by atoms with Crippen molar-refractivity contribution in [3.05, 3.63) is 53.2 Å². The molecular weight excluding hydrogens is 318 g/mol. The molecule has 0 atom stereocenters. The smallest absolute Gasteiger partial charge is 0.170 e. The molecule has 1 aromatic carbocycles. The minimum atomic E-state index is 0.662. The molecule has 0 radical (unpaired) electrons. The first kappa shape index (κ1) is 15.1. The van der Waals surface area contributed by atoms with E-state index in [1.54, 1.807) is 6.08 Å². The fourth-order valence-electron chi connectivity index (χ4n) is 2.50. The number of halogens is 1. The van der Waals surface area contributed by atoms with Gasteiger partial charge in [0, 0.05) is 29.2 Å². The number of aromatic nitrogens is 1. The molecule has 1 aliphatic rings. The highest BCUT2D eigenvalue weighted by molar-refractivity contribution is 7.80. The van der Waals surface area contributed by atoms with Crippen molar-refractivity contribution < 1.29 is 4.52 Å². The van der Waals surface area contributed by atoms with Crippen LogP contribution in [0.5, 0.6) is 0 Å². The summed E-state index contributed by atoms with van der Waals surface area (Å²) in [5, 5.41) is 8.79. The van der Waals surface area contributed by atoms with Crippen LogP contribution >= 0.6 is 23.8 Å². The molecular formula is C16H16ClN3OS. The van der Waals surface area contributed by atoms with Crippen LogP contribution in [0.4, 0.5) is 0 Å². The number of hydrogen-bond donors (Lipinski definition) is 1. The van der Waals surface area contributed by atoms with Gasteiger partial charge in [0.05, 0.1) is 6.54 Å². The molecule has 0 aliphatic carbocycles. The van der Waals surface area contributed by atoms with E-state index in [0.717, 1.165) is 40.7 Å². The first-order valence-corrected chi connectivity index (χ1v) is 7.84. The van der Waals surface area contributed by atoms with Crippen molar-refractivity contribution in [3.63, 3.8) is 0 Å². The maximum Gasteiger partial charge on any atom is 0.170 e. The normalized spacial score (nSPS) is 13.6. The van der Waals surface area contributed by atoms with Gasteiger partial charge in [0.1, 0.15) is 5.69 Å². The van der Waals surface area contributed by atoms with Gasteiger partial charge in [0.15, 0.2) is 10.9 Å². The molecule has 0 amide bonds. The molecule has 2 aromatic rings. The van der Waals surface area contributed by atoms with Gasteiger partial charge in [0.25, 0.3) is 0 Å². The predicted molar refractivity (Wildman–Crippen MR) is 91.9 cm³/mol. The van der Waals surface area contributed by atoms with Crippen molar-refractivity contribution in [2.24, 2.45) is 0 Å². The van der Waals surface area contributed by atoms with Gasteiger partial charge < -0.3 is 14.7 Å². The molecule has 3 rings (SSSR count). The van der Waals surface area contributed by atoms with Gasteiger partial charge in [-0.3, -0.25) is 0 Å². The Morgan fingerprint density at radius 2 is 2.23 bits per heavy atom. The molecule has 0 saturated carbocycles. The van der Waals surface area contributed by atoms with Crippen LogP contribution in [0.25, 0.3) is 11.3 Å². The van der Waals surface area contributed by atoms with Gasteiger partial charge in [-0.1, -0.05) is 22.8 Å². The van der Waals surface area contributed by atoms with E-state index in [9.17, 15) is 0 Å². The third-order valence-corrected chi connectivity index (χ3v) is 4.29. The summed E-state index contributed by atoms with van der Waals surface area (Å²) >= 11 is 11.3. The summed E-state index contributed by atoms with van der Waals surface area (Å²) in [4.78, 5) is 2.09. The third-order valence-electron chi connectivity index (χ3n) is 3.63. The van der Waals surface area contributed by atoms with Gasteiger partial charge >= 0.3 is 0 Å².